The van der Waals surface area contributed by atoms with Gasteiger partial charge in [-0.3, -0.25) is 9.59 Å². The van der Waals surface area contributed by atoms with E-state index in [0.29, 0.717) is 6.54 Å². The molecular weight excluding hydrogens is 410 g/mol. The second-order valence-corrected chi connectivity index (χ2v) is 9.45. The van der Waals surface area contributed by atoms with Gasteiger partial charge in [0.15, 0.2) is 0 Å². The lowest BCUT2D eigenvalue weighted by Gasteiger charge is -2.33. The van der Waals surface area contributed by atoms with E-state index in [9.17, 15) is 9.59 Å². The zero-order valence-electron chi connectivity index (χ0n) is 20.8. The van der Waals surface area contributed by atoms with Crippen LogP contribution in [0.3, 0.4) is 0 Å². The monoisotopic (exact) mass is 449 g/mol. The minimum atomic E-state index is -0.162. The molecule has 2 atom stereocenters. The molecule has 5 nitrogen and oxygen atoms in total. The minimum Gasteiger partial charge on any atom is -0.377 e. The van der Waals surface area contributed by atoms with Crippen molar-refractivity contribution in [2.24, 2.45) is 5.92 Å². The molecule has 1 aliphatic carbocycles. The smallest absolute Gasteiger partial charge is 0.230 e. The number of carbonyl (C=O) groups is 2. The van der Waals surface area contributed by atoms with E-state index in [1.165, 1.54) is 0 Å². The summed E-state index contributed by atoms with van der Waals surface area (Å²) < 4.78 is 0. The highest BCUT2D eigenvalue weighted by atomic mass is 16.2. The van der Waals surface area contributed by atoms with Crippen molar-refractivity contribution in [2.45, 2.75) is 71.4 Å². The van der Waals surface area contributed by atoms with Crippen LogP contribution in [0.1, 0.15) is 69.9 Å². The maximum Gasteiger partial charge on any atom is 0.230 e. The molecule has 178 valence electrons. The average Bonchev–Trinajstić information content (AvgIpc) is 2.76. The number of carbonyl (C=O) groups excluding carboxylic acids is 2. The number of nitrogens with one attached hydrogen (secondary N) is 1. The van der Waals surface area contributed by atoms with Crippen molar-refractivity contribution in [2.75, 3.05) is 24.3 Å². The highest BCUT2D eigenvalue weighted by Gasteiger charge is 2.29. The summed E-state index contributed by atoms with van der Waals surface area (Å²) in [4.78, 5) is 30.4. The van der Waals surface area contributed by atoms with Crippen LogP contribution >= 0.6 is 0 Å². The Morgan fingerprint density at radius 1 is 1.03 bits per heavy atom. The van der Waals surface area contributed by atoms with E-state index in [0.717, 1.165) is 54.6 Å². The SMILES string of the molecule is CC[C@H](C(=O)N(Cc1cc(NC(=O)C2CCC2)ccc1N(C)C)[C@@H](C)CC)c1ccccc1. The summed E-state index contributed by atoms with van der Waals surface area (Å²) in [6, 6.07) is 16.2. The Morgan fingerprint density at radius 2 is 1.73 bits per heavy atom. The average molecular weight is 450 g/mol. The molecule has 0 spiro atoms. The zero-order valence-corrected chi connectivity index (χ0v) is 20.8. The van der Waals surface area contributed by atoms with E-state index in [1.807, 2.05) is 67.5 Å². The Hall–Kier alpha value is -2.82. The zero-order chi connectivity index (χ0) is 24.0. The van der Waals surface area contributed by atoms with Gasteiger partial charge in [-0.1, -0.05) is 50.6 Å². The topological polar surface area (TPSA) is 52.7 Å². The summed E-state index contributed by atoms with van der Waals surface area (Å²) in [5.74, 6) is 0.238. The second-order valence-electron chi connectivity index (χ2n) is 9.45. The highest BCUT2D eigenvalue weighted by Crippen LogP contribution is 2.31. The van der Waals surface area contributed by atoms with Gasteiger partial charge in [0.05, 0.1) is 5.92 Å². The maximum absolute atomic E-state index is 13.8. The first-order chi connectivity index (χ1) is 15.8. The van der Waals surface area contributed by atoms with Crippen LogP contribution in [0.15, 0.2) is 48.5 Å². The first-order valence-electron chi connectivity index (χ1n) is 12.3. The molecule has 1 N–H and O–H groups in total. The molecule has 0 saturated heterocycles. The minimum absolute atomic E-state index is 0.106. The number of rotatable bonds is 10. The molecule has 5 heteroatoms. The van der Waals surface area contributed by atoms with Gasteiger partial charge in [-0.2, -0.15) is 0 Å². The van der Waals surface area contributed by atoms with E-state index in [4.69, 9.17) is 0 Å². The van der Waals surface area contributed by atoms with Crippen molar-refractivity contribution in [1.82, 2.24) is 4.90 Å². The van der Waals surface area contributed by atoms with Crippen molar-refractivity contribution >= 4 is 23.2 Å². The number of hydrogen-bond acceptors (Lipinski definition) is 3. The second kappa shape index (κ2) is 11.4. The molecule has 0 aromatic heterocycles. The summed E-state index contributed by atoms with van der Waals surface area (Å²) in [6.07, 6.45) is 4.72. The maximum atomic E-state index is 13.8. The van der Waals surface area contributed by atoms with Crippen LogP contribution in [0.4, 0.5) is 11.4 Å². The van der Waals surface area contributed by atoms with Crippen molar-refractivity contribution < 1.29 is 9.59 Å². The van der Waals surface area contributed by atoms with Crippen LogP contribution in [0.2, 0.25) is 0 Å². The number of hydrogen-bond donors (Lipinski definition) is 1. The Kier molecular flexibility index (Phi) is 8.54. The van der Waals surface area contributed by atoms with Gasteiger partial charge >= 0.3 is 0 Å². The Morgan fingerprint density at radius 3 is 2.27 bits per heavy atom. The Labute approximate surface area is 199 Å². The van der Waals surface area contributed by atoms with Gasteiger partial charge in [0.1, 0.15) is 0 Å². The summed E-state index contributed by atoms with van der Waals surface area (Å²) in [5.41, 5.74) is 3.97. The highest BCUT2D eigenvalue weighted by molar-refractivity contribution is 5.93. The van der Waals surface area contributed by atoms with E-state index in [1.54, 1.807) is 0 Å². The third kappa shape index (κ3) is 5.95. The predicted octanol–water partition coefficient (Wildman–Crippen LogP) is 5.81. The van der Waals surface area contributed by atoms with E-state index in [2.05, 4.69) is 31.0 Å². The summed E-state index contributed by atoms with van der Waals surface area (Å²) >= 11 is 0. The number of anilines is 2. The van der Waals surface area contributed by atoms with E-state index < -0.39 is 0 Å². The van der Waals surface area contributed by atoms with Gasteiger partial charge < -0.3 is 15.1 Å². The predicted molar refractivity (Wildman–Crippen MR) is 137 cm³/mol. The fourth-order valence-corrected chi connectivity index (χ4v) is 4.43. The molecule has 2 amide bonds. The number of amides is 2. The van der Waals surface area contributed by atoms with Crippen LogP contribution in [0, 0.1) is 5.92 Å². The quantitative estimate of drug-likeness (QED) is 0.498. The van der Waals surface area contributed by atoms with Gasteiger partial charge in [-0.15, -0.1) is 0 Å². The summed E-state index contributed by atoms with van der Waals surface area (Å²) in [5, 5.41) is 3.09. The van der Waals surface area contributed by atoms with Crippen LogP contribution in [-0.2, 0) is 16.1 Å². The Bertz CT molecular complexity index is 937. The fraction of sp³-hybridized carbons (Fsp3) is 0.500. The standard InChI is InChI=1S/C28H39N3O2/c1-6-20(3)31(28(33)25(7-2)21-12-9-8-10-13-21)19-23-18-24(16-17-26(23)30(4)5)29-27(32)22-14-11-15-22/h8-10,12-13,16-18,20,22,25H,6-7,11,14-15,19H2,1-5H3,(H,29,32)/t20-,25-/m0/s1. The van der Waals surface area contributed by atoms with Gasteiger partial charge in [-0.05, 0) is 61.9 Å². The lowest BCUT2D eigenvalue weighted by atomic mass is 9.85. The molecule has 2 aromatic carbocycles. The molecule has 1 fully saturated rings. The van der Waals surface area contributed by atoms with E-state index in [-0.39, 0.29) is 29.7 Å². The van der Waals surface area contributed by atoms with Crippen molar-refractivity contribution in [3.8, 4) is 0 Å². The molecule has 0 unspecified atom stereocenters. The fourth-order valence-electron chi connectivity index (χ4n) is 4.43. The molecule has 1 aliphatic rings. The van der Waals surface area contributed by atoms with E-state index >= 15 is 0 Å². The molecule has 33 heavy (non-hydrogen) atoms. The lowest BCUT2D eigenvalue weighted by molar-refractivity contribution is -0.135. The van der Waals surface area contributed by atoms with Crippen molar-refractivity contribution in [3.63, 3.8) is 0 Å². The molecule has 2 aromatic rings. The van der Waals surface area contributed by atoms with Gasteiger partial charge in [0, 0.05) is 44.0 Å². The number of nitrogens with zero attached hydrogens (tertiary/aromatic N) is 2. The van der Waals surface area contributed by atoms with Gasteiger partial charge in [-0.25, -0.2) is 0 Å². The van der Waals surface area contributed by atoms with Crippen LogP contribution in [-0.4, -0.2) is 36.9 Å². The van der Waals surface area contributed by atoms with Crippen molar-refractivity contribution in [1.29, 1.82) is 0 Å². The lowest BCUT2D eigenvalue weighted by Crippen LogP contribution is -2.41. The van der Waals surface area contributed by atoms with Gasteiger partial charge in [0.25, 0.3) is 0 Å². The third-order valence-corrected chi connectivity index (χ3v) is 6.96. The molecule has 3 rings (SSSR count). The van der Waals surface area contributed by atoms with Gasteiger partial charge in [0.2, 0.25) is 11.8 Å². The van der Waals surface area contributed by atoms with Crippen LogP contribution in [0.5, 0.6) is 0 Å². The van der Waals surface area contributed by atoms with Crippen molar-refractivity contribution in [3.05, 3.63) is 59.7 Å². The first-order valence-corrected chi connectivity index (χ1v) is 12.3. The summed E-state index contributed by atoms with van der Waals surface area (Å²) in [6.45, 7) is 6.83. The third-order valence-electron chi connectivity index (χ3n) is 6.96. The molecule has 0 radical (unpaired) electrons. The normalized spacial score (nSPS) is 15.3. The molecular formula is C28H39N3O2. The largest absolute Gasteiger partial charge is 0.377 e. The molecule has 0 aliphatic heterocycles. The first kappa shape index (κ1) is 24.8. The molecule has 0 bridgehead atoms. The molecule has 1 saturated carbocycles. The molecule has 0 heterocycles. The summed E-state index contributed by atoms with van der Waals surface area (Å²) in [7, 11) is 4.03. The number of benzene rings is 2. The van der Waals surface area contributed by atoms with Crippen LogP contribution in [0.25, 0.3) is 0 Å². The van der Waals surface area contributed by atoms with Crippen LogP contribution < -0.4 is 10.2 Å². The Balaban J connectivity index is 1.90.